The van der Waals surface area contributed by atoms with Crippen LogP contribution in [0.4, 0.5) is 0 Å². The Balaban J connectivity index is 1.73. The monoisotopic (exact) mass is 608 g/mol. The average Bonchev–Trinajstić information content (AvgIpc) is 3.16. The Morgan fingerprint density at radius 2 is 1.70 bits per heavy atom. The topological polar surface area (TPSA) is 85.3 Å². The molecular weight excluding hydrogens is 576 g/mol. The third-order valence-electron chi connectivity index (χ3n) is 5.75. The van der Waals surface area contributed by atoms with Crippen LogP contribution in [-0.2, 0) is 14.8 Å². The van der Waals surface area contributed by atoms with Crippen molar-refractivity contribution < 1.29 is 22.7 Å². The number of thioether (sulfide) groups is 1. The van der Waals surface area contributed by atoms with Crippen LogP contribution in [0.3, 0.4) is 0 Å². The number of hydrogen-bond donors (Lipinski definition) is 0. The second-order valence-corrected chi connectivity index (χ2v) is 12.0. The first-order valence-corrected chi connectivity index (χ1v) is 15.5. The number of benzene rings is 2. The Hall–Kier alpha value is -2.30. The van der Waals surface area contributed by atoms with Crippen molar-refractivity contribution in [2.75, 3.05) is 20.3 Å². The smallest absolute Gasteiger partial charge is 0.284 e. The SMILES string of the molecule is CCCCCCCCOc1ccc(/C=C2\S/C(=N/S(=O)(=O)c3ccc(Br)cc3)N(CC)C2=O)cc1OC. The summed E-state index contributed by atoms with van der Waals surface area (Å²) in [5.41, 5.74) is 0.743. The van der Waals surface area contributed by atoms with Gasteiger partial charge in [-0.25, -0.2) is 0 Å². The Bertz CT molecular complexity index is 1240. The maximum atomic E-state index is 13.0. The van der Waals surface area contributed by atoms with Gasteiger partial charge >= 0.3 is 0 Å². The van der Waals surface area contributed by atoms with Crippen molar-refractivity contribution in [3.05, 3.63) is 57.4 Å². The summed E-state index contributed by atoms with van der Waals surface area (Å²) < 4.78 is 41.8. The number of amidine groups is 1. The van der Waals surface area contributed by atoms with Gasteiger partial charge in [0.25, 0.3) is 15.9 Å². The first-order valence-electron chi connectivity index (χ1n) is 12.4. The van der Waals surface area contributed by atoms with Gasteiger partial charge in [0.15, 0.2) is 16.7 Å². The third-order valence-corrected chi connectivity index (χ3v) is 8.69. The van der Waals surface area contributed by atoms with Crippen molar-refractivity contribution in [1.29, 1.82) is 0 Å². The molecule has 1 aliphatic rings. The number of hydrogen-bond acceptors (Lipinski definition) is 6. The molecule has 1 heterocycles. The van der Waals surface area contributed by atoms with E-state index < -0.39 is 10.0 Å². The fourth-order valence-electron chi connectivity index (χ4n) is 3.73. The molecule has 1 fully saturated rings. The highest BCUT2D eigenvalue weighted by Crippen LogP contribution is 2.35. The summed E-state index contributed by atoms with van der Waals surface area (Å²) >= 11 is 4.34. The summed E-state index contributed by atoms with van der Waals surface area (Å²) in [4.78, 5) is 14.8. The van der Waals surface area contributed by atoms with Gasteiger partial charge in [0.05, 0.1) is 23.5 Å². The predicted molar refractivity (Wildman–Crippen MR) is 154 cm³/mol. The van der Waals surface area contributed by atoms with E-state index in [2.05, 4.69) is 27.3 Å². The van der Waals surface area contributed by atoms with Gasteiger partial charge in [0.2, 0.25) is 0 Å². The van der Waals surface area contributed by atoms with E-state index in [0.717, 1.165) is 34.6 Å². The predicted octanol–water partition coefficient (Wildman–Crippen LogP) is 6.88. The van der Waals surface area contributed by atoms with Gasteiger partial charge in [0.1, 0.15) is 0 Å². The van der Waals surface area contributed by atoms with E-state index in [1.54, 1.807) is 38.3 Å². The van der Waals surface area contributed by atoms with Crippen LogP contribution in [0.5, 0.6) is 11.5 Å². The van der Waals surface area contributed by atoms with Crippen LogP contribution < -0.4 is 9.47 Å². The fraction of sp³-hybridized carbons (Fsp3) is 0.407. The highest BCUT2D eigenvalue weighted by molar-refractivity contribution is 9.10. The van der Waals surface area contributed by atoms with E-state index in [-0.39, 0.29) is 16.0 Å². The number of unbranched alkanes of at least 4 members (excludes halogenated alkanes) is 5. The van der Waals surface area contributed by atoms with Crippen molar-refractivity contribution in [1.82, 2.24) is 4.90 Å². The van der Waals surface area contributed by atoms with E-state index in [9.17, 15) is 13.2 Å². The molecule has 200 valence electrons. The number of likely N-dealkylation sites (N-methyl/N-ethyl adjacent to an activating group) is 1. The maximum Gasteiger partial charge on any atom is 0.284 e. The molecular formula is C27H33BrN2O5S2. The lowest BCUT2D eigenvalue weighted by Gasteiger charge is -2.12. The molecule has 2 aromatic carbocycles. The van der Waals surface area contributed by atoms with Crippen LogP contribution in [0.2, 0.25) is 0 Å². The molecule has 37 heavy (non-hydrogen) atoms. The molecule has 0 saturated carbocycles. The number of carbonyl (C=O) groups is 1. The number of sulfonamides is 1. The van der Waals surface area contributed by atoms with E-state index in [4.69, 9.17) is 9.47 Å². The fourth-order valence-corrected chi connectivity index (χ4v) is 6.23. The van der Waals surface area contributed by atoms with E-state index in [1.807, 2.05) is 12.1 Å². The molecule has 0 radical (unpaired) electrons. The minimum absolute atomic E-state index is 0.0611. The van der Waals surface area contributed by atoms with Gasteiger partial charge in [-0.1, -0.05) is 61.0 Å². The lowest BCUT2D eigenvalue weighted by molar-refractivity contribution is -0.122. The molecule has 2 aromatic rings. The summed E-state index contributed by atoms with van der Waals surface area (Å²) in [6, 6.07) is 11.7. The number of ether oxygens (including phenoxy) is 2. The number of halogens is 1. The molecule has 0 unspecified atom stereocenters. The largest absolute Gasteiger partial charge is 0.493 e. The molecule has 1 aliphatic heterocycles. The molecule has 1 saturated heterocycles. The van der Waals surface area contributed by atoms with Crippen molar-refractivity contribution in [2.24, 2.45) is 4.40 Å². The van der Waals surface area contributed by atoms with E-state index in [0.29, 0.717) is 29.6 Å². The normalized spacial score (nSPS) is 16.1. The van der Waals surface area contributed by atoms with Crippen LogP contribution in [0.15, 0.2) is 61.1 Å². The first kappa shape index (κ1) is 29.3. The zero-order valence-corrected chi connectivity index (χ0v) is 24.6. The Morgan fingerprint density at radius 3 is 2.38 bits per heavy atom. The lowest BCUT2D eigenvalue weighted by atomic mass is 10.1. The van der Waals surface area contributed by atoms with Gasteiger partial charge < -0.3 is 9.47 Å². The van der Waals surface area contributed by atoms with Crippen molar-refractivity contribution >= 4 is 54.9 Å². The molecule has 0 spiro atoms. The minimum atomic E-state index is -3.97. The van der Waals surface area contributed by atoms with Crippen LogP contribution >= 0.6 is 27.7 Å². The second-order valence-electron chi connectivity index (χ2n) is 8.49. The summed E-state index contributed by atoms with van der Waals surface area (Å²) in [7, 11) is -2.39. The van der Waals surface area contributed by atoms with Crippen molar-refractivity contribution in [3.8, 4) is 11.5 Å². The second kappa shape index (κ2) is 14.0. The van der Waals surface area contributed by atoms with Crippen LogP contribution in [0.25, 0.3) is 6.08 Å². The number of carbonyl (C=O) groups excluding carboxylic acids is 1. The van der Waals surface area contributed by atoms with Gasteiger partial charge in [-0.15, -0.1) is 4.40 Å². The van der Waals surface area contributed by atoms with Gasteiger partial charge in [0, 0.05) is 11.0 Å². The summed E-state index contributed by atoms with van der Waals surface area (Å²) in [5, 5.41) is 0.132. The van der Waals surface area contributed by atoms with Gasteiger partial charge in [-0.05, 0) is 73.1 Å². The molecule has 7 nitrogen and oxygen atoms in total. The number of rotatable bonds is 13. The van der Waals surface area contributed by atoms with Crippen molar-refractivity contribution in [3.63, 3.8) is 0 Å². The summed E-state index contributed by atoms with van der Waals surface area (Å²) in [5.74, 6) is 0.941. The Labute approximate surface area is 232 Å². The third kappa shape index (κ3) is 8.09. The molecule has 3 rings (SSSR count). The standard InChI is InChI=1S/C27H33BrN2O5S2/c1-4-6-7-8-9-10-17-35-23-16-11-20(18-24(23)34-3)19-25-26(31)30(5-2)27(36-25)29-37(32,33)22-14-12-21(28)13-15-22/h11-16,18-19H,4-10,17H2,1-3H3/b25-19-,29-27+. The molecule has 1 amide bonds. The first-order chi connectivity index (χ1) is 17.8. The van der Waals surface area contributed by atoms with Crippen LogP contribution in [0, 0.1) is 0 Å². The quantitative estimate of drug-likeness (QED) is 0.182. The summed E-state index contributed by atoms with van der Waals surface area (Å²) in [6.45, 7) is 4.91. The number of methoxy groups -OCH3 is 1. The summed E-state index contributed by atoms with van der Waals surface area (Å²) in [6.07, 6.45) is 8.83. The average molecular weight is 610 g/mol. The maximum absolute atomic E-state index is 13.0. The van der Waals surface area contributed by atoms with E-state index in [1.165, 1.54) is 42.7 Å². The zero-order valence-electron chi connectivity index (χ0n) is 21.4. The van der Waals surface area contributed by atoms with Gasteiger partial charge in [-0.3, -0.25) is 9.69 Å². The Kier molecular flexibility index (Phi) is 11.1. The van der Waals surface area contributed by atoms with Gasteiger partial charge in [-0.2, -0.15) is 8.42 Å². The number of amides is 1. The molecule has 0 N–H and O–H groups in total. The highest BCUT2D eigenvalue weighted by Gasteiger charge is 2.34. The van der Waals surface area contributed by atoms with Crippen molar-refractivity contribution in [2.45, 2.75) is 57.3 Å². The van der Waals surface area contributed by atoms with Crippen LogP contribution in [-0.4, -0.2) is 44.7 Å². The zero-order chi connectivity index (χ0) is 26.8. The minimum Gasteiger partial charge on any atom is -0.493 e. The molecule has 0 aromatic heterocycles. The lowest BCUT2D eigenvalue weighted by Crippen LogP contribution is -2.29. The molecule has 10 heteroatoms. The molecule has 0 bridgehead atoms. The molecule has 0 aliphatic carbocycles. The van der Waals surface area contributed by atoms with Crippen LogP contribution in [0.1, 0.15) is 57.9 Å². The van der Waals surface area contributed by atoms with E-state index >= 15 is 0 Å². The Morgan fingerprint density at radius 1 is 1.00 bits per heavy atom. The highest BCUT2D eigenvalue weighted by atomic mass is 79.9. The molecule has 0 atom stereocenters. The number of nitrogens with zero attached hydrogens (tertiary/aromatic N) is 2.